The molecule has 2 rings (SSSR count). The molecule has 0 spiro atoms. The fourth-order valence-electron chi connectivity index (χ4n) is 4.75. The van der Waals surface area contributed by atoms with Crippen LogP contribution in [0.25, 0.3) is 0 Å². The van der Waals surface area contributed by atoms with E-state index in [0.717, 1.165) is 5.57 Å². The van der Waals surface area contributed by atoms with Crippen LogP contribution in [0.3, 0.4) is 0 Å². The van der Waals surface area contributed by atoms with Gasteiger partial charge in [0, 0.05) is 18.4 Å². The Hall–Kier alpha value is -0.0162. The molecule has 0 amide bonds. The molecule has 1 saturated carbocycles. The average Bonchev–Trinajstić information content (AvgIpc) is 2.70. The minimum atomic E-state index is -2.71. The number of alkyl halides is 1. The van der Waals surface area contributed by atoms with E-state index in [2.05, 4.69) is 62.0 Å². The van der Waals surface area contributed by atoms with E-state index in [-0.39, 0.29) is 22.9 Å². The van der Waals surface area contributed by atoms with E-state index in [1.165, 1.54) is 0 Å². The third kappa shape index (κ3) is 3.41. The molecule has 2 aliphatic rings. The van der Waals surface area contributed by atoms with Gasteiger partial charge < -0.3 is 13.0 Å². The van der Waals surface area contributed by atoms with Gasteiger partial charge in [0.2, 0.25) is 0 Å². The Kier molecular flexibility index (Phi) is 6.66. The smallest absolute Gasteiger partial charge is 0.335 e. The highest BCUT2D eigenvalue weighted by Crippen LogP contribution is 2.50. The Morgan fingerprint density at radius 1 is 0.923 bits per heavy atom. The maximum atomic E-state index is 15.1. The summed E-state index contributed by atoms with van der Waals surface area (Å²) < 4.78 is 35.7. The van der Waals surface area contributed by atoms with Crippen molar-refractivity contribution in [3.63, 3.8) is 0 Å². The molecule has 2 fully saturated rings. The van der Waals surface area contributed by atoms with Gasteiger partial charge in [-0.2, -0.15) is 0 Å². The molecule has 0 aromatic heterocycles. The predicted molar refractivity (Wildman–Crippen MR) is 111 cm³/mol. The Bertz CT molecular complexity index is 505. The van der Waals surface area contributed by atoms with E-state index in [9.17, 15) is 0 Å². The number of fused-ring (bicyclic) bond motifs is 1. The fraction of sp³-hybridized carbons (Fsp3) is 0.900. The molecule has 0 radical (unpaired) electrons. The van der Waals surface area contributed by atoms with Crippen molar-refractivity contribution in [1.82, 2.24) is 0 Å². The quantitative estimate of drug-likeness (QED) is 0.420. The van der Waals surface area contributed by atoms with Gasteiger partial charge in [-0.3, -0.25) is 0 Å². The van der Waals surface area contributed by atoms with Gasteiger partial charge >= 0.3 is 17.1 Å². The van der Waals surface area contributed by atoms with Crippen molar-refractivity contribution in [2.24, 2.45) is 11.8 Å². The molecule has 1 aliphatic heterocycles. The summed E-state index contributed by atoms with van der Waals surface area (Å²) in [7, 11) is -5.25. The van der Waals surface area contributed by atoms with Crippen LogP contribution in [0.1, 0.15) is 62.3 Å². The third-order valence-electron chi connectivity index (χ3n) is 6.60. The predicted octanol–water partition coefficient (Wildman–Crippen LogP) is 6.10. The summed E-state index contributed by atoms with van der Waals surface area (Å²) in [5.74, 6) is -0.260. The first-order chi connectivity index (χ1) is 11.9. The molecule has 0 bridgehead atoms. The van der Waals surface area contributed by atoms with Crippen molar-refractivity contribution in [2.75, 3.05) is 6.61 Å². The summed E-state index contributed by atoms with van der Waals surface area (Å²) in [5, 5.41) is 0. The van der Waals surface area contributed by atoms with E-state index >= 15 is 4.39 Å². The van der Waals surface area contributed by atoms with Gasteiger partial charge in [-0.25, -0.2) is 4.39 Å². The standard InChI is InChI=1S/C20H39FO3Si2/c1-12(2)25(13(3)4)22-11-18-16(9)17(10)19(21)20(18)23-26(24-25,14(5)6)15(7)8/h12-15,17-20H,9,11H2,1-8,10H3/t17-,18-,19-,20?/m0/s1. The zero-order chi connectivity index (χ0) is 20.0. The molecule has 0 aromatic carbocycles. The van der Waals surface area contributed by atoms with E-state index in [1.807, 2.05) is 6.92 Å². The first kappa shape index (κ1) is 22.3. The molecule has 4 atom stereocenters. The van der Waals surface area contributed by atoms with Gasteiger partial charge in [0.05, 0.1) is 6.10 Å². The minimum Gasteiger partial charge on any atom is -0.414 e. The first-order valence-corrected chi connectivity index (χ1v) is 14.2. The number of hydrogen-bond donors (Lipinski definition) is 0. The molecular formula is C20H39FO3Si2. The van der Waals surface area contributed by atoms with Crippen LogP contribution in [-0.2, 0) is 13.0 Å². The highest BCUT2D eigenvalue weighted by Gasteiger charge is 2.61. The summed E-state index contributed by atoms with van der Waals surface area (Å²) in [6.45, 7) is 24.1. The molecule has 6 heteroatoms. The second-order valence-electron chi connectivity index (χ2n) is 9.47. The topological polar surface area (TPSA) is 27.7 Å². The third-order valence-corrected chi connectivity index (χ3v) is 16.8. The van der Waals surface area contributed by atoms with Gasteiger partial charge in [-0.15, -0.1) is 0 Å². The van der Waals surface area contributed by atoms with Crippen molar-refractivity contribution in [3.8, 4) is 0 Å². The van der Waals surface area contributed by atoms with Crippen molar-refractivity contribution in [1.29, 1.82) is 0 Å². The molecule has 1 heterocycles. The lowest BCUT2D eigenvalue weighted by Crippen LogP contribution is -2.65. The zero-order valence-electron chi connectivity index (χ0n) is 18.1. The minimum absolute atomic E-state index is 0.0716. The van der Waals surface area contributed by atoms with E-state index in [1.54, 1.807) is 0 Å². The number of rotatable bonds is 4. The van der Waals surface area contributed by atoms with Crippen LogP contribution in [0.5, 0.6) is 0 Å². The van der Waals surface area contributed by atoms with Gasteiger partial charge in [0.15, 0.2) is 0 Å². The van der Waals surface area contributed by atoms with E-state index < -0.39 is 29.4 Å². The molecule has 1 aliphatic carbocycles. The molecule has 3 nitrogen and oxygen atoms in total. The van der Waals surface area contributed by atoms with Gasteiger partial charge in [-0.05, 0) is 22.2 Å². The zero-order valence-corrected chi connectivity index (χ0v) is 20.1. The summed E-state index contributed by atoms with van der Waals surface area (Å²) in [6, 6.07) is 0. The molecule has 152 valence electrons. The van der Waals surface area contributed by atoms with Crippen molar-refractivity contribution in [2.45, 2.75) is 96.8 Å². The Morgan fingerprint density at radius 3 is 1.81 bits per heavy atom. The highest BCUT2D eigenvalue weighted by molar-refractivity contribution is 6.83. The molecule has 1 saturated heterocycles. The Morgan fingerprint density at radius 2 is 1.38 bits per heavy atom. The van der Waals surface area contributed by atoms with Crippen LogP contribution < -0.4 is 0 Å². The van der Waals surface area contributed by atoms with Crippen molar-refractivity contribution >= 4 is 17.1 Å². The lowest BCUT2D eigenvalue weighted by Gasteiger charge is -2.51. The Balaban J connectivity index is 2.59. The molecule has 26 heavy (non-hydrogen) atoms. The first-order valence-electron chi connectivity index (χ1n) is 10.2. The number of halogens is 1. The van der Waals surface area contributed by atoms with Gasteiger partial charge in [0.1, 0.15) is 6.17 Å². The lowest BCUT2D eigenvalue weighted by molar-refractivity contribution is 0.00851. The van der Waals surface area contributed by atoms with Crippen LogP contribution in [0.15, 0.2) is 12.2 Å². The fourth-order valence-corrected chi connectivity index (χ4v) is 16.0. The summed E-state index contributed by atoms with van der Waals surface area (Å²) >= 11 is 0. The van der Waals surface area contributed by atoms with Crippen LogP contribution >= 0.6 is 0 Å². The van der Waals surface area contributed by atoms with Crippen LogP contribution in [-0.4, -0.2) is 36.0 Å². The SMILES string of the molecule is C=C1[C@@H]2CO[Si](C(C)C)(C(C)C)O[Si](C(C)C)(C(C)C)OC2[C@@H](F)[C@H]1C. The maximum Gasteiger partial charge on any atom is 0.335 e. The second-order valence-corrected chi connectivity index (χ2v) is 18.3. The highest BCUT2D eigenvalue weighted by atomic mass is 28.5. The van der Waals surface area contributed by atoms with Crippen molar-refractivity contribution in [3.05, 3.63) is 12.2 Å². The van der Waals surface area contributed by atoms with E-state index in [0.29, 0.717) is 17.7 Å². The maximum absolute atomic E-state index is 15.1. The molecular weight excluding hydrogens is 363 g/mol. The van der Waals surface area contributed by atoms with Crippen LogP contribution in [0, 0.1) is 11.8 Å². The summed E-state index contributed by atoms with van der Waals surface area (Å²) in [6.07, 6.45) is -1.52. The van der Waals surface area contributed by atoms with E-state index in [4.69, 9.17) is 13.0 Å². The van der Waals surface area contributed by atoms with Crippen LogP contribution in [0.2, 0.25) is 22.2 Å². The summed E-state index contributed by atoms with van der Waals surface area (Å²) in [5.41, 5.74) is 2.01. The molecule has 0 aromatic rings. The second kappa shape index (κ2) is 7.78. The lowest BCUT2D eigenvalue weighted by atomic mass is 10.0. The molecule has 1 unspecified atom stereocenters. The largest absolute Gasteiger partial charge is 0.414 e. The average molecular weight is 403 g/mol. The monoisotopic (exact) mass is 402 g/mol. The normalized spacial score (nSPS) is 34.5. The summed E-state index contributed by atoms with van der Waals surface area (Å²) in [4.78, 5) is 0. The number of hydrogen-bond acceptors (Lipinski definition) is 3. The van der Waals surface area contributed by atoms with Crippen molar-refractivity contribution < 1.29 is 17.4 Å². The molecule has 0 N–H and O–H groups in total. The Labute approximate surface area is 162 Å². The van der Waals surface area contributed by atoms with Crippen LogP contribution in [0.4, 0.5) is 4.39 Å². The van der Waals surface area contributed by atoms with Gasteiger partial charge in [-0.1, -0.05) is 74.5 Å². The van der Waals surface area contributed by atoms with Gasteiger partial charge in [0.25, 0.3) is 0 Å².